The van der Waals surface area contributed by atoms with Crippen molar-refractivity contribution in [3.8, 4) is 11.8 Å². The van der Waals surface area contributed by atoms with Gasteiger partial charge in [0.2, 0.25) is 5.95 Å². The SMILES string of the molecule is Cc1cc(OC2C(C)(C)C(NC(=O)c3ccc(N4CCC(C(=O)CC[C@H](NC(=O)c5ccc(NCc6cnc7nc(N)[nH]c(=O)c7n6)cc5)C(=O)O)CC4)cc3)C2(C)C)cc(C)c1C#N. The number of benzene rings is 3. The molecule has 1 aliphatic heterocycles. The molecule has 7 N–H and O–H groups in total. The first kappa shape index (κ1) is 45.7. The van der Waals surface area contributed by atoms with E-state index < -0.39 is 23.5 Å². The number of fused-ring (bicyclic) bond motifs is 1. The van der Waals surface area contributed by atoms with E-state index in [1.807, 2.05) is 50.2 Å². The van der Waals surface area contributed by atoms with Gasteiger partial charge in [0.05, 0.1) is 30.1 Å². The number of piperidine rings is 1. The Morgan fingerprint density at radius 3 is 2.18 bits per heavy atom. The molecule has 338 valence electrons. The predicted octanol–water partition coefficient (Wildman–Crippen LogP) is 5.46. The number of anilines is 3. The highest BCUT2D eigenvalue weighted by Gasteiger charge is 2.64. The summed E-state index contributed by atoms with van der Waals surface area (Å²) in [6.45, 7) is 13.6. The van der Waals surface area contributed by atoms with Gasteiger partial charge in [0.25, 0.3) is 17.4 Å². The number of nitriles is 1. The highest BCUT2D eigenvalue weighted by molar-refractivity contribution is 5.97. The van der Waals surface area contributed by atoms with Crippen LogP contribution in [0.4, 0.5) is 17.3 Å². The zero-order chi connectivity index (χ0) is 46.8. The van der Waals surface area contributed by atoms with Crippen molar-refractivity contribution in [2.45, 2.75) is 92.0 Å². The van der Waals surface area contributed by atoms with Gasteiger partial charge in [-0.2, -0.15) is 10.2 Å². The fraction of sp³-hybridized carbons (Fsp3) is 0.396. The van der Waals surface area contributed by atoms with Crippen LogP contribution in [0, 0.1) is 41.9 Å². The van der Waals surface area contributed by atoms with Gasteiger partial charge in [-0.05, 0) is 105 Å². The molecule has 65 heavy (non-hydrogen) atoms. The molecule has 17 nitrogen and oxygen atoms in total. The molecule has 7 rings (SSSR count). The molecule has 1 saturated heterocycles. The molecule has 5 aromatic rings. The lowest BCUT2D eigenvalue weighted by atomic mass is 9.49. The summed E-state index contributed by atoms with van der Waals surface area (Å²) in [5, 5.41) is 28.3. The van der Waals surface area contributed by atoms with E-state index in [9.17, 15) is 34.3 Å². The summed E-state index contributed by atoms with van der Waals surface area (Å²) in [7, 11) is 0. The van der Waals surface area contributed by atoms with E-state index in [0.717, 1.165) is 16.8 Å². The molecule has 2 aliphatic rings. The van der Waals surface area contributed by atoms with Crippen LogP contribution in [0.25, 0.3) is 11.2 Å². The maximum atomic E-state index is 13.5. The zero-order valence-corrected chi connectivity index (χ0v) is 37.3. The number of nitrogens with one attached hydrogen (secondary N) is 4. The Bertz CT molecular complexity index is 2700. The molecule has 0 unspecified atom stereocenters. The van der Waals surface area contributed by atoms with Crippen molar-refractivity contribution in [3.63, 3.8) is 0 Å². The maximum absolute atomic E-state index is 13.5. The second-order valence-electron chi connectivity index (χ2n) is 18.2. The Morgan fingerprint density at radius 1 is 0.954 bits per heavy atom. The van der Waals surface area contributed by atoms with Crippen LogP contribution in [-0.2, 0) is 16.1 Å². The molecule has 0 radical (unpaired) electrons. The van der Waals surface area contributed by atoms with E-state index in [4.69, 9.17) is 10.5 Å². The lowest BCUT2D eigenvalue weighted by Crippen LogP contribution is -2.74. The lowest BCUT2D eigenvalue weighted by molar-refractivity contribution is -0.164. The number of ketones is 1. The smallest absolute Gasteiger partial charge is 0.326 e. The number of hydrogen-bond acceptors (Lipinski definition) is 13. The Hall–Kier alpha value is -7.35. The Morgan fingerprint density at radius 2 is 1.57 bits per heavy atom. The highest BCUT2D eigenvalue weighted by Crippen LogP contribution is 2.55. The normalized spacial score (nSPS) is 18.1. The van der Waals surface area contributed by atoms with Crippen molar-refractivity contribution in [3.05, 3.63) is 111 Å². The Balaban J connectivity index is 0.850. The van der Waals surface area contributed by atoms with Crippen molar-refractivity contribution in [1.29, 1.82) is 5.26 Å². The average Bonchev–Trinajstić information content (AvgIpc) is 3.27. The number of carboxylic acid groups (broad SMARTS) is 1. The minimum atomic E-state index is -1.25. The van der Waals surface area contributed by atoms with Gasteiger partial charge in [-0.15, -0.1) is 0 Å². The number of carbonyl (C=O) groups is 4. The molecule has 2 fully saturated rings. The van der Waals surface area contributed by atoms with Crippen molar-refractivity contribution in [2.75, 3.05) is 29.0 Å². The van der Waals surface area contributed by atoms with Crippen molar-refractivity contribution in [1.82, 2.24) is 30.6 Å². The predicted molar refractivity (Wildman–Crippen MR) is 245 cm³/mol. The largest absolute Gasteiger partial charge is 0.489 e. The first-order valence-corrected chi connectivity index (χ1v) is 21.6. The third-order valence-electron chi connectivity index (χ3n) is 12.8. The van der Waals surface area contributed by atoms with Crippen LogP contribution < -0.4 is 36.9 Å². The van der Waals surface area contributed by atoms with Gasteiger partial charge in [0.1, 0.15) is 23.7 Å². The molecule has 0 spiro atoms. The van der Waals surface area contributed by atoms with Crippen LogP contribution in [0.2, 0.25) is 0 Å². The molecule has 2 amide bonds. The fourth-order valence-corrected chi connectivity index (χ4v) is 9.58. The molecular formula is C48H54N10O7. The van der Waals surface area contributed by atoms with E-state index in [-0.39, 0.29) is 82.6 Å². The summed E-state index contributed by atoms with van der Waals surface area (Å²) >= 11 is 0. The quantitative estimate of drug-likeness (QED) is 0.0764. The third kappa shape index (κ3) is 9.76. The molecule has 1 aliphatic carbocycles. The number of amides is 2. The molecule has 17 heteroatoms. The molecule has 1 atom stereocenters. The summed E-state index contributed by atoms with van der Waals surface area (Å²) in [6.07, 6.45) is 2.46. The zero-order valence-electron chi connectivity index (χ0n) is 37.3. The first-order valence-electron chi connectivity index (χ1n) is 21.6. The van der Waals surface area contributed by atoms with Gasteiger partial charge in [-0.1, -0.05) is 27.7 Å². The number of aliphatic carboxylic acids is 1. The van der Waals surface area contributed by atoms with E-state index >= 15 is 0 Å². The number of aromatic nitrogens is 4. The minimum Gasteiger partial charge on any atom is -0.489 e. The van der Waals surface area contributed by atoms with Gasteiger partial charge in [-0.25, -0.2) is 14.8 Å². The van der Waals surface area contributed by atoms with E-state index in [1.54, 1.807) is 24.3 Å². The van der Waals surface area contributed by atoms with Crippen molar-refractivity contribution >= 4 is 52.1 Å². The Labute approximate surface area is 376 Å². The summed E-state index contributed by atoms with van der Waals surface area (Å²) in [4.78, 5) is 81.1. The summed E-state index contributed by atoms with van der Waals surface area (Å²) in [5.41, 5.74) is 9.73. The maximum Gasteiger partial charge on any atom is 0.326 e. The van der Waals surface area contributed by atoms with Crippen molar-refractivity contribution in [2.24, 2.45) is 16.7 Å². The van der Waals surface area contributed by atoms with E-state index in [1.165, 1.54) is 6.20 Å². The van der Waals surface area contributed by atoms with Gasteiger partial charge in [0.15, 0.2) is 11.2 Å². The van der Waals surface area contributed by atoms with Gasteiger partial charge in [-0.3, -0.25) is 24.2 Å². The van der Waals surface area contributed by atoms with Crippen LogP contribution in [-0.4, -0.2) is 79.9 Å². The third-order valence-corrected chi connectivity index (χ3v) is 12.8. The molecule has 2 aromatic heterocycles. The lowest BCUT2D eigenvalue weighted by Gasteiger charge is -2.63. The molecular weight excluding hydrogens is 829 g/mol. The number of ether oxygens (including phenoxy) is 1. The number of rotatable bonds is 15. The molecule has 1 saturated carbocycles. The van der Waals surface area contributed by atoms with E-state index in [0.29, 0.717) is 54.2 Å². The number of Topliss-reactive ketones (excluding diaryl/α,β-unsaturated/α-hetero) is 1. The van der Waals surface area contributed by atoms with Crippen molar-refractivity contribution < 1.29 is 29.0 Å². The summed E-state index contributed by atoms with van der Waals surface area (Å²) in [6, 6.07) is 18.5. The number of aryl methyl sites for hydroxylation is 2. The molecule has 3 aromatic carbocycles. The van der Waals surface area contributed by atoms with Gasteiger partial charge >= 0.3 is 5.97 Å². The molecule has 3 heterocycles. The number of nitrogen functional groups attached to an aromatic ring is 1. The fourth-order valence-electron chi connectivity index (χ4n) is 9.58. The second-order valence-corrected chi connectivity index (χ2v) is 18.2. The van der Waals surface area contributed by atoms with Gasteiger partial charge in [0, 0.05) is 64.8 Å². The monoisotopic (exact) mass is 882 g/mol. The summed E-state index contributed by atoms with van der Waals surface area (Å²) < 4.78 is 6.52. The number of nitrogens with two attached hydrogens (primary N) is 1. The van der Waals surface area contributed by atoms with E-state index in [2.05, 4.69) is 74.6 Å². The Kier molecular flexibility index (Phi) is 12.9. The first-order chi connectivity index (χ1) is 30.8. The van der Waals surface area contributed by atoms with Crippen LogP contribution in [0.3, 0.4) is 0 Å². The number of carboxylic acids is 1. The van der Waals surface area contributed by atoms with Gasteiger partial charge < -0.3 is 36.4 Å². The van der Waals surface area contributed by atoms with Crippen LogP contribution in [0.1, 0.15) is 96.5 Å². The van der Waals surface area contributed by atoms with Crippen LogP contribution >= 0.6 is 0 Å². The number of aromatic amines is 1. The number of H-pyrrole nitrogens is 1. The number of carbonyl (C=O) groups excluding carboxylic acids is 3. The summed E-state index contributed by atoms with van der Waals surface area (Å²) in [5.74, 6) is -1.60. The number of nitrogens with zero attached hydrogens (tertiary/aromatic N) is 5. The second kappa shape index (κ2) is 18.4. The standard InChI is InChI=1S/C48H54N10O7/c1-26-21-34(22-27(2)35(26)23-49)65-45-47(3,4)44(48(45,5)6)56-41(61)30-9-13-33(14-10-30)58-19-17-28(18-20-58)37(59)16-15-36(43(63)64)54-40(60)29-7-11-31(12-8-29)51-24-32-25-52-39-38(53-32)42(62)57-46(50)55-39/h7-14,21-22,25,28,36,44-45,51H,15-20,24H2,1-6H3,(H,54,60)(H,56,61)(H,63,64)(H3,50,52,55,57,62)/t36-,44?,45?/m0/s1. The van der Waals surface area contributed by atoms with Crippen LogP contribution in [0.5, 0.6) is 5.75 Å². The number of hydrogen-bond donors (Lipinski definition) is 6. The molecule has 0 bridgehead atoms. The minimum absolute atomic E-state index is 0.0117. The van der Waals surface area contributed by atoms with Crippen LogP contribution in [0.15, 0.2) is 71.7 Å². The highest BCUT2D eigenvalue weighted by atomic mass is 16.5. The topological polar surface area (TPSA) is 258 Å². The average molecular weight is 883 g/mol.